The Morgan fingerprint density at radius 1 is 1.60 bits per heavy atom. The van der Waals surface area contributed by atoms with E-state index in [1.807, 2.05) is 6.92 Å². The van der Waals surface area contributed by atoms with Crippen molar-refractivity contribution in [3.8, 4) is 0 Å². The molecular weight excluding hydrogens is 268 g/mol. The van der Waals surface area contributed by atoms with Crippen LogP contribution in [-0.2, 0) is 11.8 Å². The van der Waals surface area contributed by atoms with Crippen LogP contribution in [0.1, 0.15) is 22.6 Å². The van der Waals surface area contributed by atoms with E-state index in [1.165, 1.54) is 12.0 Å². The Kier molecular flexibility index (Phi) is 4.08. The monoisotopic (exact) mass is 287 g/mol. The minimum absolute atomic E-state index is 0.00467. The summed E-state index contributed by atoms with van der Waals surface area (Å²) in [6.45, 7) is 1.82. The smallest absolute Gasteiger partial charge is 0.274 e. The second-order valence-corrected chi connectivity index (χ2v) is 5.21. The Bertz CT molecular complexity index is 482. The van der Waals surface area contributed by atoms with Gasteiger partial charge in [-0.1, -0.05) is 0 Å². The Balaban J connectivity index is 2.11. The molecule has 0 spiro atoms. The summed E-state index contributed by atoms with van der Waals surface area (Å²) in [5.74, 6) is -4.05. The Labute approximate surface area is 116 Å². The number of ether oxygens (including phenoxy) is 1. The number of hydrogen-bond donors (Lipinski definition) is 0. The van der Waals surface area contributed by atoms with Crippen LogP contribution in [0.5, 0.6) is 0 Å². The van der Waals surface area contributed by atoms with Crippen LogP contribution in [-0.4, -0.2) is 53.3 Å². The topological polar surface area (TPSA) is 47.4 Å². The third kappa shape index (κ3) is 2.82. The zero-order valence-electron chi connectivity index (χ0n) is 11.9. The molecule has 1 amide bonds. The predicted molar refractivity (Wildman–Crippen MR) is 68.8 cm³/mol. The number of nitrogens with zero attached hydrogens (tertiary/aromatic N) is 3. The van der Waals surface area contributed by atoms with E-state index in [1.54, 1.807) is 17.8 Å². The summed E-state index contributed by atoms with van der Waals surface area (Å²) in [6, 6.07) is 1.67. The minimum Gasteiger partial charge on any atom is -0.384 e. The first-order valence-electron chi connectivity index (χ1n) is 6.52. The normalized spacial score (nSPS) is 22.1. The third-order valence-corrected chi connectivity index (χ3v) is 3.74. The van der Waals surface area contributed by atoms with Crippen LogP contribution < -0.4 is 0 Å². The summed E-state index contributed by atoms with van der Waals surface area (Å²) < 4.78 is 33.9. The van der Waals surface area contributed by atoms with Crippen molar-refractivity contribution in [1.29, 1.82) is 0 Å². The Morgan fingerprint density at radius 3 is 2.85 bits per heavy atom. The van der Waals surface area contributed by atoms with Gasteiger partial charge in [0.25, 0.3) is 11.8 Å². The molecule has 1 aliphatic rings. The average molecular weight is 287 g/mol. The van der Waals surface area contributed by atoms with Gasteiger partial charge in [-0.25, -0.2) is 8.78 Å². The van der Waals surface area contributed by atoms with Gasteiger partial charge in [0.15, 0.2) is 5.69 Å². The molecule has 1 aromatic heterocycles. The number of hydrogen-bond acceptors (Lipinski definition) is 3. The number of alkyl halides is 2. The van der Waals surface area contributed by atoms with Crippen molar-refractivity contribution in [3.05, 3.63) is 17.5 Å². The summed E-state index contributed by atoms with van der Waals surface area (Å²) in [6.07, 6.45) is -0.335. The summed E-state index contributed by atoms with van der Waals surface area (Å²) in [5, 5.41) is 4.10. The minimum atomic E-state index is -2.78. The van der Waals surface area contributed by atoms with E-state index in [4.69, 9.17) is 4.74 Å². The van der Waals surface area contributed by atoms with Crippen LogP contribution in [0.3, 0.4) is 0 Å². The van der Waals surface area contributed by atoms with Gasteiger partial charge in [-0.2, -0.15) is 5.10 Å². The number of piperidine rings is 1. The van der Waals surface area contributed by atoms with E-state index < -0.39 is 11.8 Å². The van der Waals surface area contributed by atoms with Gasteiger partial charge in [-0.3, -0.25) is 9.48 Å². The van der Waals surface area contributed by atoms with Crippen molar-refractivity contribution in [2.24, 2.45) is 13.0 Å². The van der Waals surface area contributed by atoms with Gasteiger partial charge in [0.1, 0.15) is 0 Å². The molecule has 7 heteroatoms. The summed E-state index contributed by atoms with van der Waals surface area (Å²) >= 11 is 0. The largest absolute Gasteiger partial charge is 0.384 e. The van der Waals surface area contributed by atoms with Gasteiger partial charge < -0.3 is 9.64 Å². The fraction of sp³-hybridized carbons (Fsp3) is 0.692. The van der Waals surface area contributed by atoms with E-state index in [2.05, 4.69) is 5.10 Å². The zero-order valence-corrected chi connectivity index (χ0v) is 11.9. The molecule has 2 heterocycles. The molecule has 1 atom stereocenters. The number of carbonyl (C=O) groups is 1. The molecule has 2 rings (SSSR count). The van der Waals surface area contributed by atoms with E-state index in [0.29, 0.717) is 5.69 Å². The van der Waals surface area contributed by atoms with Crippen LogP contribution in [0.25, 0.3) is 0 Å². The number of carbonyl (C=O) groups excluding carboxylic acids is 1. The van der Waals surface area contributed by atoms with E-state index in [9.17, 15) is 13.6 Å². The van der Waals surface area contributed by atoms with Crippen LogP contribution in [0, 0.1) is 12.8 Å². The van der Waals surface area contributed by atoms with E-state index >= 15 is 0 Å². The molecule has 1 aliphatic heterocycles. The third-order valence-electron chi connectivity index (χ3n) is 3.74. The maximum absolute atomic E-state index is 13.7. The number of aromatic nitrogens is 2. The maximum atomic E-state index is 13.7. The van der Waals surface area contributed by atoms with Gasteiger partial charge >= 0.3 is 0 Å². The quantitative estimate of drug-likeness (QED) is 0.846. The molecule has 1 unspecified atom stereocenters. The van der Waals surface area contributed by atoms with Crippen LogP contribution >= 0.6 is 0 Å². The summed E-state index contributed by atoms with van der Waals surface area (Å²) in [5.41, 5.74) is 1.15. The van der Waals surface area contributed by atoms with Crippen molar-refractivity contribution in [2.75, 3.05) is 26.8 Å². The van der Waals surface area contributed by atoms with Crippen molar-refractivity contribution in [3.63, 3.8) is 0 Å². The van der Waals surface area contributed by atoms with Crippen molar-refractivity contribution < 1.29 is 18.3 Å². The van der Waals surface area contributed by atoms with E-state index in [-0.39, 0.29) is 32.0 Å². The number of amides is 1. The maximum Gasteiger partial charge on any atom is 0.274 e. The zero-order chi connectivity index (χ0) is 14.9. The first-order chi connectivity index (χ1) is 9.35. The second kappa shape index (κ2) is 5.47. The number of aryl methyl sites for hydroxylation is 2. The standard InChI is InChI=1S/C13H19F2N3O2/c1-9-6-11(16-17(9)2)12(19)18-5-4-13(14,15)10(7-18)8-20-3/h6,10H,4-5,7-8H2,1-3H3. The molecule has 1 saturated heterocycles. The molecule has 112 valence electrons. The molecule has 0 N–H and O–H groups in total. The molecule has 20 heavy (non-hydrogen) atoms. The first-order valence-corrected chi connectivity index (χ1v) is 6.52. The first kappa shape index (κ1) is 14.9. The lowest BCUT2D eigenvalue weighted by atomic mass is 9.94. The highest BCUT2D eigenvalue weighted by Gasteiger charge is 2.45. The molecule has 0 radical (unpaired) electrons. The lowest BCUT2D eigenvalue weighted by Gasteiger charge is -2.37. The van der Waals surface area contributed by atoms with E-state index in [0.717, 1.165) is 5.69 Å². The highest BCUT2D eigenvalue weighted by Crippen LogP contribution is 2.34. The molecule has 1 fully saturated rings. The molecule has 5 nitrogen and oxygen atoms in total. The summed E-state index contributed by atoms with van der Waals surface area (Å²) in [7, 11) is 3.13. The fourth-order valence-electron chi connectivity index (χ4n) is 2.37. The van der Waals surface area contributed by atoms with Gasteiger partial charge in [0.2, 0.25) is 0 Å². The second-order valence-electron chi connectivity index (χ2n) is 5.21. The number of rotatable bonds is 3. The Morgan fingerprint density at radius 2 is 2.30 bits per heavy atom. The van der Waals surface area contributed by atoms with Gasteiger partial charge in [-0.05, 0) is 13.0 Å². The lowest BCUT2D eigenvalue weighted by Crippen LogP contribution is -2.50. The molecule has 1 aromatic rings. The molecular formula is C13H19F2N3O2. The highest BCUT2D eigenvalue weighted by molar-refractivity contribution is 5.92. The molecule has 0 aromatic carbocycles. The Hall–Kier alpha value is -1.50. The molecule has 0 aliphatic carbocycles. The van der Waals surface area contributed by atoms with Crippen LogP contribution in [0.4, 0.5) is 8.78 Å². The molecule has 0 bridgehead atoms. The number of likely N-dealkylation sites (tertiary alicyclic amines) is 1. The fourth-order valence-corrected chi connectivity index (χ4v) is 2.37. The predicted octanol–water partition coefficient (Wildman–Crippen LogP) is 1.47. The lowest BCUT2D eigenvalue weighted by molar-refractivity contribution is -0.118. The SMILES string of the molecule is COCC1CN(C(=O)c2cc(C)n(C)n2)CCC1(F)F. The van der Waals surface area contributed by atoms with Crippen molar-refractivity contribution in [1.82, 2.24) is 14.7 Å². The van der Waals surface area contributed by atoms with Crippen LogP contribution in [0.2, 0.25) is 0 Å². The van der Waals surface area contributed by atoms with Gasteiger partial charge in [-0.15, -0.1) is 0 Å². The number of halogens is 2. The molecule has 0 saturated carbocycles. The number of methoxy groups -OCH3 is 1. The highest BCUT2D eigenvalue weighted by atomic mass is 19.3. The average Bonchev–Trinajstić information content (AvgIpc) is 2.71. The van der Waals surface area contributed by atoms with Crippen LogP contribution in [0.15, 0.2) is 6.07 Å². The van der Waals surface area contributed by atoms with Crippen molar-refractivity contribution >= 4 is 5.91 Å². The van der Waals surface area contributed by atoms with Crippen molar-refractivity contribution in [2.45, 2.75) is 19.3 Å². The summed E-state index contributed by atoms with van der Waals surface area (Å²) in [4.78, 5) is 13.7. The van der Waals surface area contributed by atoms with Gasteiger partial charge in [0, 0.05) is 39.4 Å². The van der Waals surface area contributed by atoms with Gasteiger partial charge in [0.05, 0.1) is 12.5 Å².